The Morgan fingerprint density at radius 1 is 1.06 bits per heavy atom. The first-order valence-electron chi connectivity index (χ1n) is 5.26. The number of rotatable bonds is 2. The lowest BCUT2D eigenvalue weighted by atomic mass is 9.81. The van der Waals surface area contributed by atoms with Crippen molar-refractivity contribution in [1.29, 1.82) is 0 Å². The summed E-state index contributed by atoms with van der Waals surface area (Å²) < 4.78 is 10.8. The quantitative estimate of drug-likeness (QED) is 0.716. The lowest BCUT2D eigenvalue weighted by Crippen LogP contribution is -2.52. The van der Waals surface area contributed by atoms with Crippen molar-refractivity contribution in [3.05, 3.63) is 35.4 Å². The van der Waals surface area contributed by atoms with E-state index in [-0.39, 0.29) is 5.78 Å². The van der Waals surface area contributed by atoms with Crippen molar-refractivity contribution in [2.75, 3.05) is 14.2 Å². The van der Waals surface area contributed by atoms with Gasteiger partial charge in [-0.1, -0.05) is 38.1 Å². The molecule has 0 spiro atoms. The summed E-state index contributed by atoms with van der Waals surface area (Å²) in [6.07, 6.45) is 0. The van der Waals surface area contributed by atoms with Crippen LogP contribution in [0, 0.1) is 0 Å². The zero-order chi connectivity index (χ0) is 12.0. The van der Waals surface area contributed by atoms with E-state index < -0.39 is 11.2 Å². The third-order valence-electron chi connectivity index (χ3n) is 3.54. The molecule has 0 atom stereocenters. The highest BCUT2D eigenvalue weighted by Gasteiger charge is 2.59. The fourth-order valence-corrected chi connectivity index (χ4v) is 2.64. The number of carbonyl (C=O) groups is 1. The van der Waals surface area contributed by atoms with Gasteiger partial charge in [0, 0.05) is 19.8 Å². The smallest absolute Gasteiger partial charge is 0.242 e. The Morgan fingerprint density at radius 2 is 1.62 bits per heavy atom. The summed E-state index contributed by atoms with van der Waals surface area (Å²) in [6.45, 7) is 3.92. The molecule has 1 aliphatic rings. The van der Waals surface area contributed by atoms with Gasteiger partial charge in [0.15, 0.2) is 0 Å². The molecule has 0 amide bonds. The van der Waals surface area contributed by atoms with Crippen LogP contribution in [0.3, 0.4) is 0 Å². The summed E-state index contributed by atoms with van der Waals surface area (Å²) in [5.41, 5.74) is 1.18. The lowest BCUT2D eigenvalue weighted by Gasteiger charge is -2.37. The van der Waals surface area contributed by atoms with Crippen molar-refractivity contribution in [3.63, 3.8) is 0 Å². The van der Waals surface area contributed by atoms with Gasteiger partial charge in [0.2, 0.25) is 11.6 Å². The fourth-order valence-electron chi connectivity index (χ4n) is 2.64. The van der Waals surface area contributed by atoms with E-state index in [4.69, 9.17) is 9.47 Å². The van der Waals surface area contributed by atoms with Crippen molar-refractivity contribution in [3.8, 4) is 0 Å². The average molecular weight is 220 g/mol. The number of hydrogen-bond donors (Lipinski definition) is 0. The van der Waals surface area contributed by atoms with E-state index in [1.54, 1.807) is 0 Å². The molecule has 3 heteroatoms. The molecule has 0 N–H and O–H groups in total. The predicted molar refractivity (Wildman–Crippen MR) is 60.5 cm³/mol. The Kier molecular flexibility index (Phi) is 2.40. The molecule has 2 rings (SSSR count). The molecule has 0 bridgehead atoms. The Labute approximate surface area is 95.4 Å². The third kappa shape index (κ3) is 1.07. The van der Waals surface area contributed by atoms with Gasteiger partial charge in [-0.25, -0.2) is 0 Å². The first-order valence-corrected chi connectivity index (χ1v) is 5.26. The number of hydrogen-bond acceptors (Lipinski definition) is 3. The van der Waals surface area contributed by atoms with Gasteiger partial charge < -0.3 is 9.47 Å². The molecule has 16 heavy (non-hydrogen) atoms. The predicted octanol–water partition coefficient (Wildman–Crippen LogP) is 2.15. The molecule has 0 fully saturated rings. The minimum atomic E-state index is -1.20. The first-order chi connectivity index (χ1) is 7.51. The van der Waals surface area contributed by atoms with E-state index >= 15 is 0 Å². The van der Waals surface area contributed by atoms with Crippen LogP contribution in [0.2, 0.25) is 0 Å². The minimum Gasteiger partial charge on any atom is -0.346 e. The summed E-state index contributed by atoms with van der Waals surface area (Å²) in [5, 5.41) is 0. The maximum absolute atomic E-state index is 12.3. The van der Waals surface area contributed by atoms with Crippen molar-refractivity contribution in [2.45, 2.75) is 25.0 Å². The zero-order valence-electron chi connectivity index (χ0n) is 10.0. The second-order valence-electron chi connectivity index (χ2n) is 4.52. The molecular weight excluding hydrogens is 204 g/mol. The average Bonchev–Trinajstić information content (AvgIpc) is 2.46. The Bertz CT molecular complexity index is 431. The maximum Gasteiger partial charge on any atom is 0.242 e. The number of Topliss-reactive ketones (excluding diaryl/α,β-unsaturated/α-hetero) is 1. The van der Waals surface area contributed by atoms with Crippen LogP contribution >= 0.6 is 0 Å². The largest absolute Gasteiger partial charge is 0.346 e. The Hall–Kier alpha value is -1.19. The van der Waals surface area contributed by atoms with Gasteiger partial charge in [0.1, 0.15) is 0 Å². The maximum atomic E-state index is 12.3. The molecular formula is C13H16O3. The third-order valence-corrected chi connectivity index (χ3v) is 3.54. The van der Waals surface area contributed by atoms with Crippen molar-refractivity contribution < 1.29 is 14.3 Å². The molecule has 0 heterocycles. The van der Waals surface area contributed by atoms with Crippen LogP contribution in [0.5, 0.6) is 0 Å². The number of methoxy groups -OCH3 is 2. The van der Waals surface area contributed by atoms with E-state index in [1.165, 1.54) is 14.2 Å². The monoisotopic (exact) mass is 220 g/mol. The molecule has 1 aliphatic carbocycles. The molecule has 86 valence electrons. The number of ether oxygens (including phenoxy) is 2. The summed E-state index contributed by atoms with van der Waals surface area (Å²) >= 11 is 0. The van der Waals surface area contributed by atoms with E-state index in [0.717, 1.165) is 5.56 Å². The molecule has 0 saturated carbocycles. The number of ketones is 1. The highest BCUT2D eigenvalue weighted by atomic mass is 16.7. The second kappa shape index (κ2) is 3.40. The zero-order valence-corrected chi connectivity index (χ0v) is 10.0. The van der Waals surface area contributed by atoms with E-state index in [2.05, 4.69) is 0 Å². The number of fused-ring (bicyclic) bond motifs is 1. The van der Waals surface area contributed by atoms with Gasteiger partial charge in [0.25, 0.3) is 0 Å². The summed E-state index contributed by atoms with van der Waals surface area (Å²) in [4.78, 5) is 12.3. The molecule has 0 saturated heterocycles. The highest BCUT2D eigenvalue weighted by molar-refractivity contribution is 6.07. The van der Waals surface area contributed by atoms with Crippen LogP contribution < -0.4 is 0 Å². The summed E-state index contributed by atoms with van der Waals surface area (Å²) in [7, 11) is 3.02. The van der Waals surface area contributed by atoms with Crippen LogP contribution in [-0.2, 0) is 14.9 Å². The Morgan fingerprint density at radius 3 is 2.12 bits per heavy atom. The van der Waals surface area contributed by atoms with Gasteiger partial charge in [-0.05, 0) is 5.56 Å². The molecule has 0 aromatic heterocycles. The number of benzene rings is 1. The highest BCUT2D eigenvalue weighted by Crippen LogP contribution is 2.47. The molecule has 1 aromatic rings. The van der Waals surface area contributed by atoms with Gasteiger partial charge >= 0.3 is 0 Å². The topological polar surface area (TPSA) is 35.5 Å². The van der Waals surface area contributed by atoms with Gasteiger partial charge in [-0.2, -0.15) is 0 Å². The number of carbonyl (C=O) groups excluding carboxylic acids is 1. The van der Waals surface area contributed by atoms with Gasteiger partial charge in [-0.3, -0.25) is 4.79 Å². The van der Waals surface area contributed by atoms with Crippen molar-refractivity contribution in [1.82, 2.24) is 0 Å². The van der Waals surface area contributed by atoms with Crippen LogP contribution in [0.25, 0.3) is 0 Å². The molecule has 0 radical (unpaired) electrons. The summed E-state index contributed by atoms with van der Waals surface area (Å²) in [6, 6.07) is 7.55. The SMILES string of the molecule is COC1(OC)C(=O)c2ccccc2C1(C)C. The van der Waals surface area contributed by atoms with Crippen LogP contribution in [0.15, 0.2) is 24.3 Å². The molecule has 0 unspecified atom stereocenters. The summed E-state index contributed by atoms with van der Waals surface area (Å²) in [5.74, 6) is -1.30. The Balaban J connectivity index is 2.70. The minimum absolute atomic E-state index is 0.0990. The van der Waals surface area contributed by atoms with Gasteiger partial charge in [-0.15, -0.1) is 0 Å². The fraction of sp³-hybridized carbons (Fsp3) is 0.462. The van der Waals surface area contributed by atoms with Crippen LogP contribution in [-0.4, -0.2) is 25.8 Å². The normalized spacial score (nSPS) is 20.9. The standard InChI is InChI=1S/C13H16O3/c1-12(2)10-8-6-5-7-9(10)11(14)13(12,15-3)16-4/h5-8H,1-4H3. The molecule has 0 aliphatic heterocycles. The molecule has 1 aromatic carbocycles. The second-order valence-corrected chi connectivity index (χ2v) is 4.52. The molecule has 3 nitrogen and oxygen atoms in total. The van der Waals surface area contributed by atoms with Gasteiger partial charge in [0.05, 0.1) is 5.41 Å². The van der Waals surface area contributed by atoms with E-state index in [9.17, 15) is 4.79 Å². The van der Waals surface area contributed by atoms with E-state index in [1.807, 2.05) is 38.1 Å². The van der Waals surface area contributed by atoms with Crippen LogP contribution in [0.4, 0.5) is 0 Å². The van der Waals surface area contributed by atoms with Crippen LogP contribution in [0.1, 0.15) is 29.8 Å². The van der Waals surface area contributed by atoms with Crippen molar-refractivity contribution >= 4 is 5.78 Å². The van der Waals surface area contributed by atoms with E-state index in [0.29, 0.717) is 5.56 Å². The first kappa shape index (κ1) is 11.3. The van der Waals surface area contributed by atoms with Crippen molar-refractivity contribution in [2.24, 2.45) is 0 Å². The lowest BCUT2D eigenvalue weighted by molar-refractivity contribution is -0.201.